The number of nitrogens with one attached hydrogen (secondary N) is 1. The van der Waals surface area contributed by atoms with Crippen LogP contribution in [0.25, 0.3) is 0 Å². The van der Waals surface area contributed by atoms with Gasteiger partial charge in [-0.25, -0.2) is 0 Å². The van der Waals surface area contributed by atoms with Crippen molar-refractivity contribution in [3.8, 4) is 0 Å². The third kappa shape index (κ3) is 3.77. The Bertz CT molecular complexity index is 538. The fourth-order valence-corrected chi connectivity index (χ4v) is 2.32. The van der Waals surface area contributed by atoms with Crippen LogP contribution in [0.2, 0.25) is 0 Å². The molecule has 0 spiro atoms. The number of hydrogen-bond acceptors (Lipinski definition) is 4. The highest BCUT2D eigenvalue weighted by atomic mass is 79.9. The van der Waals surface area contributed by atoms with Crippen LogP contribution in [0, 0.1) is 0 Å². The standard InChI is InChI=1S/C13H15BrN4OS/c14-9-3-5-10(6-4-9)16-17-11(12(15)20)13(19)18-7-1-2-8-18/h3-6,16H,1-2,7-8H2,(H2,15,20)/b17-11+. The van der Waals surface area contributed by atoms with Crippen molar-refractivity contribution in [2.75, 3.05) is 18.5 Å². The lowest BCUT2D eigenvalue weighted by Gasteiger charge is -2.15. The summed E-state index contributed by atoms with van der Waals surface area (Å²) >= 11 is 8.27. The van der Waals surface area contributed by atoms with Crippen LogP contribution in [0.4, 0.5) is 5.69 Å². The van der Waals surface area contributed by atoms with E-state index < -0.39 is 0 Å². The zero-order valence-electron chi connectivity index (χ0n) is 10.8. The van der Waals surface area contributed by atoms with E-state index in [9.17, 15) is 4.79 Å². The summed E-state index contributed by atoms with van der Waals surface area (Å²) in [4.78, 5) is 14.0. The van der Waals surface area contributed by atoms with E-state index in [4.69, 9.17) is 18.0 Å². The van der Waals surface area contributed by atoms with Crippen molar-refractivity contribution in [2.24, 2.45) is 10.8 Å². The van der Waals surface area contributed by atoms with Gasteiger partial charge < -0.3 is 10.6 Å². The molecule has 0 aliphatic carbocycles. The Morgan fingerprint density at radius 3 is 2.45 bits per heavy atom. The Labute approximate surface area is 131 Å². The van der Waals surface area contributed by atoms with E-state index in [0.717, 1.165) is 36.1 Å². The molecule has 106 valence electrons. The number of nitrogens with two attached hydrogens (primary N) is 1. The maximum atomic E-state index is 12.2. The summed E-state index contributed by atoms with van der Waals surface area (Å²) in [7, 11) is 0. The molecule has 1 saturated heterocycles. The van der Waals surface area contributed by atoms with E-state index >= 15 is 0 Å². The summed E-state index contributed by atoms with van der Waals surface area (Å²) < 4.78 is 0.967. The van der Waals surface area contributed by atoms with Gasteiger partial charge in [0.1, 0.15) is 4.99 Å². The molecule has 1 aromatic carbocycles. The number of carbonyl (C=O) groups is 1. The molecule has 5 nitrogen and oxygen atoms in total. The highest BCUT2D eigenvalue weighted by Gasteiger charge is 2.24. The monoisotopic (exact) mass is 354 g/mol. The molecule has 1 aromatic rings. The fourth-order valence-electron chi connectivity index (χ4n) is 1.92. The Balaban J connectivity index is 2.11. The molecular formula is C13H15BrN4OS. The predicted octanol–water partition coefficient (Wildman–Crippen LogP) is 2.13. The highest BCUT2D eigenvalue weighted by molar-refractivity contribution is 9.10. The second kappa shape index (κ2) is 6.81. The van der Waals surface area contributed by atoms with E-state index in [1.165, 1.54) is 0 Å². The van der Waals surface area contributed by atoms with Gasteiger partial charge in [-0.1, -0.05) is 28.1 Å². The summed E-state index contributed by atoms with van der Waals surface area (Å²) in [5, 5.41) is 4.06. The number of halogens is 1. The number of hydrogen-bond donors (Lipinski definition) is 2. The number of likely N-dealkylation sites (tertiary alicyclic amines) is 1. The molecule has 0 unspecified atom stereocenters. The van der Waals surface area contributed by atoms with Crippen molar-refractivity contribution in [1.82, 2.24) is 4.90 Å². The molecule has 1 aliphatic heterocycles. The van der Waals surface area contributed by atoms with Gasteiger partial charge in [-0.3, -0.25) is 10.2 Å². The minimum atomic E-state index is -0.209. The van der Waals surface area contributed by atoms with Crippen LogP contribution in [0.1, 0.15) is 12.8 Å². The minimum Gasteiger partial charge on any atom is -0.388 e. The molecule has 1 amide bonds. The second-order valence-electron chi connectivity index (χ2n) is 4.44. The van der Waals surface area contributed by atoms with Crippen LogP contribution >= 0.6 is 28.1 Å². The van der Waals surface area contributed by atoms with Gasteiger partial charge in [0.25, 0.3) is 5.91 Å². The highest BCUT2D eigenvalue weighted by Crippen LogP contribution is 2.14. The molecule has 0 bridgehead atoms. The van der Waals surface area contributed by atoms with Crippen LogP contribution in [0.3, 0.4) is 0 Å². The predicted molar refractivity (Wildman–Crippen MR) is 87.8 cm³/mol. The summed E-state index contributed by atoms with van der Waals surface area (Å²) in [5.41, 5.74) is 9.27. The molecule has 2 rings (SSSR count). The number of rotatable bonds is 4. The molecule has 1 aliphatic rings. The lowest BCUT2D eigenvalue weighted by molar-refractivity contribution is -0.122. The van der Waals surface area contributed by atoms with Gasteiger partial charge in [0.15, 0.2) is 5.71 Å². The number of thiocarbonyl (C=S) groups is 1. The van der Waals surface area contributed by atoms with E-state index in [1.807, 2.05) is 24.3 Å². The first kappa shape index (κ1) is 14.9. The Morgan fingerprint density at radius 2 is 1.90 bits per heavy atom. The van der Waals surface area contributed by atoms with Crippen LogP contribution < -0.4 is 11.2 Å². The van der Waals surface area contributed by atoms with Crippen LogP contribution in [0.5, 0.6) is 0 Å². The first-order chi connectivity index (χ1) is 9.58. The van der Waals surface area contributed by atoms with Gasteiger partial charge in [0.2, 0.25) is 0 Å². The topological polar surface area (TPSA) is 70.7 Å². The van der Waals surface area contributed by atoms with E-state index in [0.29, 0.717) is 0 Å². The van der Waals surface area contributed by atoms with E-state index in [2.05, 4.69) is 26.5 Å². The van der Waals surface area contributed by atoms with Crippen molar-refractivity contribution in [3.05, 3.63) is 28.7 Å². The largest absolute Gasteiger partial charge is 0.388 e. The molecule has 7 heteroatoms. The normalized spacial score (nSPS) is 15.2. The third-order valence-electron chi connectivity index (χ3n) is 2.97. The van der Waals surface area contributed by atoms with Crippen molar-refractivity contribution in [1.29, 1.82) is 0 Å². The zero-order chi connectivity index (χ0) is 14.5. The number of benzene rings is 1. The smallest absolute Gasteiger partial charge is 0.277 e. The molecule has 0 atom stereocenters. The molecule has 1 fully saturated rings. The molecule has 20 heavy (non-hydrogen) atoms. The second-order valence-corrected chi connectivity index (χ2v) is 5.80. The lowest BCUT2D eigenvalue weighted by atomic mass is 10.3. The summed E-state index contributed by atoms with van der Waals surface area (Å²) in [5.74, 6) is -0.209. The SMILES string of the molecule is NC(=S)/C(=N\Nc1ccc(Br)cc1)C(=O)N1CCCC1. The number of nitrogens with zero attached hydrogens (tertiary/aromatic N) is 2. The van der Waals surface area contributed by atoms with Gasteiger partial charge in [-0.2, -0.15) is 5.10 Å². The Morgan fingerprint density at radius 1 is 1.30 bits per heavy atom. The van der Waals surface area contributed by atoms with Crippen LogP contribution in [-0.4, -0.2) is 34.6 Å². The first-order valence-corrected chi connectivity index (χ1v) is 7.46. The molecule has 0 radical (unpaired) electrons. The van der Waals surface area contributed by atoms with Crippen LogP contribution in [0.15, 0.2) is 33.8 Å². The first-order valence-electron chi connectivity index (χ1n) is 6.26. The van der Waals surface area contributed by atoms with Gasteiger partial charge in [0, 0.05) is 17.6 Å². The molecular weight excluding hydrogens is 340 g/mol. The maximum absolute atomic E-state index is 12.2. The van der Waals surface area contributed by atoms with Crippen LogP contribution in [-0.2, 0) is 4.79 Å². The fraction of sp³-hybridized carbons (Fsp3) is 0.308. The third-order valence-corrected chi connectivity index (χ3v) is 3.69. The molecule has 1 heterocycles. The summed E-state index contributed by atoms with van der Waals surface area (Å²) in [6.07, 6.45) is 2.02. The molecule has 0 aromatic heterocycles. The number of hydrazone groups is 1. The van der Waals surface area contributed by atoms with Gasteiger partial charge in [-0.05, 0) is 37.1 Å². The van der Waals surface area contributed by atoms with Crippen molar-refractivity contribution in [3.63, 3.8) is 0 Å². The van der Waals surface area contributed by atoms with E-state index in [-0.39, 0.29) is 16.6 Å². The van der Waals surface area contributed by atoms with Crippen molar-refractivity contribution < 1.29 is 4.79 Å². The van der Waals surface area contributed by atoms with Gasteiger partial charge in [0.05, 0.1) is 5.69 Å². The number of amides is 1. The van der Waals surface area contributed by atoms with Gasteiger partial charge in [-0.15, -0.1) is 0 Å². The minimum absolute atomic E-state index is 0.00603. The summed E-state index contributed by atoms with van der Waals surface area (Å²) in [6.45, 7) is 1.47. The number of carbonyl (C=O) groups excluding carboxylic acids is 1. The zero-order valence-corrected chi connectivity index (χ0v) is 13.2. The Hall–Kier alpha value is -1.47. The lowest BCUT2D eigenvalue weighted by Crippen LogP contribution is -2.40. The van der Waals surface area contributed by atoms with Gasteiger partial charge >= 0.3 is 0 Å². The maximum Gasteiger partial charge on any atom is 0.277 e. The molecule has 0 saturated carbocycles. The Kier molecular flexibility index (Phi) is 5.08. The van der Waals surface area contributed by atoms with Crippen molar-refractivity contribution in [2.45, 2.75) is 12.8 Å². The average molecular weight is 355 g/mol. The quantitative estimate of drug-likeness (QED) is 0.493. The average Bonchev–Trinajstić information content (AvgIpc) is 2.94. The number of anilines is 1. The molecule has 3 N–H and O–H groups in total. The summed E-state index contributed by atoms with van der Waals surface area (Å²) in [6, 6.07) is 7.43. The van der Waals surface area contributed by atoms with E-state index in [1.54, 1.807) is 4.90 Å². The van der Waals surface area contributed by atoms with Crippen molar-refractivity contribution >= 4 is 50.4 Å².